The molecule has 0 N–H and O–H groups in total. The molecule has 0 amide bonds. The number of benzene rings is 2. The fourth-order valence-electron chi connectivity index (χ4n) is 0.919. The van der Waals surface area contributed by atoms with E-state index in [1.54, 1.807) is 0 Å². The van der Waals surface area contributed by atoms with Crippen LogP contribution >= 0.6 is 0 Å². The minimum atomic E-state index is 0. The molecule has 0 fully saturated rings. The molecule has 2 aromatic carbocycles. The lowest BCUT2D eigenvalue weighted by atomic mass is 10.2. The number of rotatable bonds is 1. The molecule has 22 heavy (non-hydrogen) atoms. The molecule has 0 heterocycles. The molecular weight excluding hydrogens is 264 g/mol. The lowest BCUT2D eigenvalue weighted by molar-refractivity contribution is 0.886. The molecule has 0 bridgehead atoms. The molecular formula is C22H34. The minimum absolute atomic E-state index is 0. The van der Waals surface area contributed by atoms with Gasteiger partial charge in [-0.2, -0.15) is 0 Å². The van der Waals surface area contributed by atoms with Crippen molar-refractivity contribution in [2.75, 3.05) is 0 Å². The molecule has 122 valence electrons. The first-order valence-electron chi connectivity index (χ1n) is 7.16. The van der Waals surface area contributed by atoms with Crippen molar-refractivity contribution in [3.05, 3.63) is 85.5 Å². The summed E-state index contributed by atoms with van der Waals surface area (Å²) in [6.07, 6.45) is 10.6. The highest BCUT2D eigenvalue weighted by atomic mass is 13.8. The zero-order valence-electron chi connectivity index (χ0n) is 13.8. The van der Waals surface area contributed by atoms with E-state index in [4.69, 9.17) is 0 Å². The Morgan fingerprint density at radius 2 is 0.909 bits per heavy atom. The topological polar surface area (TPSA) is 0 Å². The van der Waals surface area contributed by atoms with Crippen LogP contribution in [-0.2, 0) is 0 Å². The molecule has 0 atom stereocenters. The molecule has 0 aliphatic rings. The van der Waals surface area contributed by atoms with Gasteiger partial charge in [-0.3, -0.25) is 0 Å². The summed E-state index contributed by atoms with van der Waals surface area (Å²) in [7, 11) is 0. The van der Waals surface area contributed by atoms with Gasteiger partial charge in [0, 0.05) is 0 Å². The number of hydrogen-bond acceptors (Lipinski definition) is 0. The van der Waals surface area contributed by atoms with Gasteiger partial charge >= 0.3 is 0 Å². The Labute approximate surface area is 139 Å². The van der Waals surface area contributed by atoms with Crippen LogP contribution < -0.4 is 0 Å². The van der Waals surface area contributed by atoms with E-state index >= 15 is 0 Å². The van der Waals surface area contributed by atoms with Gasteiger partial charge in [-0.15, -0.1) is 26.0 Å². The zero-order chi connectivity index (χ0) is 16.8. The molecule has 2 rings (SSSR count). The van der Waals surface area contributed by atoms with Gasteiger partial charge in [-0.25, -0.2) is 0 Å². The number of hydrogen-bond donors (Lipinski definition) is 0. The van der Waals surface area contributed by atoms with E-state index in [1.165, 1.54) is 18.4 Å². The largest absolute Gasteiger partial charge is 0.124 e. The smallest absolute Gasteiger partial charge is 0.0398 e. The Kier molecular flexibility index (Phi) is 39.7. The first-order valence-corrected chi connectivity index (χ1v) is 7.16. The first-order chi connectivity index (χ1) is 10.3. The monoisotopic (exact) mass is 298 g/mol. The molecule has 0 aliphatic carbocycles. The predicted octanol–water partition coefficient (Wildman–Crippen LogP) is 7.18. The van der Waals surface area contributed by atoms with Gasteiger partial charge in [0.05, 0.1) is 0 Å². The molecule has 0 aliphatic heterocycles. The van der Waals surface area contributed by atoms with Crippen molar-refractivity contribution < 1.29 is 0 Å². The summed E-state index contributed by atoms with van der Waals surface area (Å²) in [5, 5.41) is 0. The molecule has 0 heteroatoms. The van der Waals surface area contributed by atoms with Crippen LogP contribution in [0.4, 0.5) is 0 Å². The van der Waals surface area contributed by atoms with E-state index in [0.29, 0.717) is 0 Å². The highest BCUT2D eigenvalue weighted by Crippen LogP contribution is 1.92. The van der Waals surface area contributed by atoms with E-state index in [2.05, 4.69) is 58.9 Å². The third kappa shape index (κ3) is 30.6. The van der Waals surface area contributed by atoms with E-state index < -0.39 is 0 Å². The van der Waals surface area contributed by atoms with Crippen LogP contribution in [0.2, 0.25) is 0 Å². The second-order valence-corrected chi connectivity index (χ2v) is 3.81. The summed E-state index contributed by atoms with van der Waals surface area (Å²) in [5.74, 6) is 0. The van der Waals surface area contributed by atoms with E-state index in [-0.39, 0.29) is 7.43 Å². The van der Waals surface area contributed by atoms with Crippen LogP contribution in [-0.4, -0.2) is 0 Å². The molecule has 2 aromatic rings. The van der Waals surface area contributed by atoms with Gasteiger partial charge in [0.25, 0.3) is 0 Å². The molecule has 0 aromatic heterocycles. The molecule has 0 unspecified atom stereocenters. The van der Waals surface area contributed by atoms with Crippen LogP contribution in [0.25, 0.3) is 0 Å². The summed E-state index contributed by atoms with van der Waals surface area (Å²) in [5.41, 5.74) is 1.32. The Bertz CT molecular complexity index is 344. The summed E-state index contributed by atoms with van der Waals surface area (Å²) >= 11 is 0. The molecule has 0 saturated heterocycles. The van der Waals surface area contributed by atoms with Crippen molar-refractivity contribution in [3.63, 3.8) is 0 Å². The second kappa shape index (κ2) is 31.2. The maximum atomic E-state index is 4.00. The van der Waals surface area contributed by atoms with Gasteiger partial charge in [-0.05, 0) is 6.92 Å². The number of unbranched alkanes of at least 4 members (excludes halogenated alkanes) is 1. The molecule has 0 saturated carbocycles. The summed E-state index contributed by atoms with van der Waals surface area (Å²) < 4.78 is 0. The standard InChI is InChI=1S/C7H8.C6H6.C4H10.C2H4.C2H2.CH4/c1-7-5-3-2-4-6-7;1-2-4-6-5-3-1;1-3-4-2;2*1-2;/h2-6H,1H3;1-6H;3-4H2,1-2H3;1-2H2;1-2H;1H4. The SMILES string of the molecule is C.C#C.C=C.CCCC.Cc1ccccc1.c1ccccc1. The van der Waals surface area contributed by atoms with Crippen LogP contribution in [0.5, 0.6) is 0 Å². The highest BCUT2D eigenvalue weighted by Gasteiger charge is 1.72. The maximum Gasteiger partial charge on any atom is -0.0398 e. The Balaban J connectivity index is -0.0000000997. The van der Waals surface area contributed by atoms with Gasteiger partial charge in [0.1, 0.15) is 0 Å². The third-order valence-electron chi connectivity index (χ3n) is 2.11. The van der Waals surface area contributed by atoms with E-state index in [1.807, 2.05) is 54.6 Å². The van der Waals surface area contributed by atoms with Crippen LogP contribution in [0, 0.1) is 19.8 Å². The Morgan fingerprint density at radius 1 is 0.682 bits per heavy atom. The summed E-state index contributed by atoms with van der Waals surface area (Å²) in [4.78, 5) is 0. The molecule has 0 nitrogen and oxygen atoms in total. The van der Waals surface area contributed by atoms with Gasteiger partial charge in [-0.1, -0.05) is 106 Å². The van der Waals surface area contributed by atoms with E-state index in [0.717, 1.165) is 0 Å². The normalized spacial score (nSPS) is 6.59. The van der Waals surface area contributed by atoms with Crippen LogP contribution in [0.15, 0.2) is 79.9 Å². The Hall–Kier alpha value is -2.26. The van der Waals surface area contributed by atoms with Gasteiger partial charge in [0.15, 0.2) is 0 Å². The number of terminal acetylenes is 1. The average molecular weight is 299 g/mol. The number of aryl methyl sites for hydroxylation is 1. The van der Waals surface area contributed by atoms with Crippen molar-refractivity contribution in [1.29, 1.82) is 0 Å². The molecule has 0 spiro atoms. The summed E-state index contributed by atoms with van der Waals surface area (Å²) in [6, 6.07) is 22.3. The van der Waals surface area contributed by atoms with Crippen LogP contribution in [0.1, 0.15) is 39.7 Å². The first kappa shape index (κ1) is 28.0. The van der Waals surface area contributed by atoms with E-state index in [9.17, 15) is 0 Å². The van der Waals surface area contributed by atoms with Crippen molar-refractivity contribution in [2.45, 2.75) is 41.0 Å². The zero-order valence-corrected chi connectivity index (χ0v) is 13.8. The van der Waals surface area contributed by atoms with Crippen molar-refractivity contribution >= 4 is 0 Å². The Morgan fingerprint density at radius 3 is 1.05 bits per heavy atom. The second-order valence-electron chi connectivity index (χ2n) is 3.81. The van der Waals surface area contributed by atoms with Crippen molar-refractivity contribution in [3.8, 4) is 12.8 Å². The van der Waals surface area contributed by atoms with Crippen molar-refractivity contribution in [1.82, 2.24) is 0 Å². The quantitative estimate of drug-likeness (QED) is 0.386. The minimum Gasteiger partial charge on any atom is -0.124 e. The lowest BCUT2D eigenvalue weighted by Gasteiger charge is -1.82. The predicted molar refractivity (Wildman–Crippen MR) is 106 cm³/mol. The lowest BCUT2D eigenvalue weighted by Crippen LogP contribution is -1.62. The third-order valence-corrected chi connectivity index (χ3v) is 2.11. The van der Waals surface area contributed by atoms with Crippen molar-refractivity contribution in [2.24, 2.45) is 0 Å². The van der Waals surface area contributed by atoms with Gasteiger partial charge in [0.2, 0.25) is 0 Å². The summed E-state index contributed by atoms with van der Waals surface area (Å²) in [6.45, 7) is 12.4. The van der Waals surface area contributed by atoms with Gasteiger partial charge < -0.3 is 0 Å². The maximum absolute atomic E-state index is 4.00. The fourth-order valence-corrected chi connectivity index (χ4v) is 0.919. The van der Waals surface area contributed by atoms with Crippen LogP contribution in [0.3, 0.4) is 0 Å². The molecule has 0 radical (unpaired) electrons. The average Bonchev–Trinajstić information content (AvgIpc) is 2.61. The fraction of sp³-hybridized carbons (Fsp3) is 0.273. The highest BCUT2D eigenvalue weighted by molar-refractivity contribution is 5.11.